The van der Waals surface area contributed by atoms with Crippen molar-refractivity contribution in [3.8, 4) is 0 Å². The molecule has 0 spiro atoms. The van der Waals surface area contributed by atoms with Crippen LogP contribution in [-0.4, -0.2) is 36.5 Å². The highest BCUT2D eigenvalue weighted by atomic mass is 32.2. The van der Waals surface area contributed by atoms with Gasteiger partial charge in [-0.1, -0.05) is 13.8 Å². The second kappa shape index (κ2) is 7.38. The highest BCUT2D eigenvalue weighted by Crippen LogP contribution is 2.16. The van der Waals surface area contributed by atoms with E-state index in [9.17, 15) is 8.42 Å². The fourth-order valence-corrected chi connectivity index (χ4v) is 3.40. The molecule has 0 saturated carbocycles. The van der Waals surface area contributed by atoms with Gasteiger partial charge in [0.05, 0.1) is 6.26 Å². The first-order valence-electron chi connectivity index (χ1n) is 7.29. The molecule has 2 aromatic heterocycles. The zero-order valence-electron chi connectivity index (χ0n) is 13.4. The maximum Gasteiger partial charge on any atom is 0.244 e. The molecule has 23 heavy (non-hydrogen) atoms. The van der Waals surface area contributed by atoms with Gasteiger partial charge in [0.1, 0.15) is 22.2 Å². The molecule has 0 aromatic carbocycles. The van der Waals surface area contributed by atoms with Crippen LogP contribution in [0.15, 0.2) is 51.1 Å². The van der Waals surface area contributed by atoms with Crippen LogP contribution >= 0.6 is 0 Å². The van der Waals surface area contributed by atoms with Crippen molar-refractivity contribution in [3.63, 3.8) is 0 Å². The van der Waals surface area contributed by atoms with Crippen molar-refractivity contribution in [2.75, 3.05) is 18.5 Å². The van der Waals surface area contributed by atoms with Crippen LogP contribution in [0.3, 0.4) is 0 Å². The Morgan fingerprint density at radius 2 is 2.04 bits per heavy atom. The quantitative estimate of drug-likeness (QED) is 0.620. The second-order valence-corrected chi connectivity index (χ2v) is 6.69. The average Bonchev–Trinajstić information content (AvgIpc) is 3.08. The first-order valence-corrected chi connectivity index (χ1v) is 8.73. The number of hydrogen-bond donors (Lipinski definition) is 1. The Labute approximate surface area is 136 Å². The first-order chi connectivity index (χ1) is 11.0. The standard InChI is InChI=1S/C15H20N4O3S/c1-4-19(5-2)23(20,21)13-8-9-15(16-11-13)18-17-12(3)14-7-6-10-22-14/h6-11H,4-5H2,1-3H3,(H,16,18)/b17-12+. The molecule has 0 atom stereocenters. The summed E-state index contributed by atoms with van der Waals surface area (Å²) in [4.78, 5) is 4.26. The van der Waals surface area contributed by atoms with Gasteiger partial charge in [0, 0.05) is 19.3 Å². The van der Waals surface area contributed by atoms with Gasteiger partial charge >= 0.3 is 0 Å². The molecule has 0 bridgehead atoms. The lowest BCUT2D eigenvalue weighted by molar-refractivity contribution is 0.445. The Morgan fingerprint density at radius 3 is 2.57 bits per heavy atom. The molecule has 2 rings (SSSR count). The van der Waals surface area contributed by atoms with E-state index in [4.69, 9.17) is 4.42 Å². The van der Waals surface area contributed by atoms with E-state index in [2.05, 4.69) is 15.5 Å². The number of rotatable bonds is 7. The second-order valence-electron chi connectivity index (χ2n) is 4.75. The van der Waals surface area contributed by atoms with Crippen LogP contribution < -0.4 is 5.43 Å². The minimum Gasteiger partial charge on any atom is -0.463 e. The number of pyridine rings is 1. The van der Waals surface area contributed by atoms with Gasteiger partial charge in [-0.25, -0.2) is 13.4 Å². The Bertz CT molecular complexity index is 749. The highest BCUT2D eigenvalue weighted by molar-refractivity contribution is 7.89. The first kappa shape index (κ1) is 17.2. The lowest BCUT2D eigenvalue weighted by Crippen LogP contribution is -2.30. The lowest BCUT2D eigenvalue weighted by Gasteiger charge is -2.18. The molecule has 2 aromatic rings. The summed E-state index contributed by atoms with van der Waals surface area (Å²) >= 11 is 0. The number of nitrogens with zero attached hydrogens (tertiary/aromatic N) is 3. The van der Waals surface area contributed by atoms with Crippen molar-refractivity contribution in [2.24, 2.45) is 5.10 Å². The van der Waals surface area contributed by atoms with E-state index >= 15 is 0 Å². The van der Waals surface area contributed by atoms with Gasteiger partial charge < -0.3 is 4.42 Å². The number of hydrogen-bond acceptors (Lipinski definition) is 6. The van der Waals surface area contributed by atoms with E-state index in [0.29, 0.717) is 30.4 Å². The minimum atomic E-state index is -3.49. The summed E-state index contributed by atoms with van der Waals surface area (Å²) in [5.41, 5.74) is 3.44. The van der Waals surface area contributed by atoms with Crippen LogP contribution in [-0.2, 0) is 10.0 Å². The van der Waals surface area contributed by atoms with E-state index < -0.39 is 10.0 Å². The number of furan rings is 1. The fraction of sp³-hybridized carbons (Fsp3) is 0.333. The summed E-state index contributed by atoms with van der Waals surface area (Å²) in [7, 11) is -3.49. The molecule has 0 saturated heterocycles. The SMILES string of the molecule is CCN(CC)S(=O)(=O)c1ccc(N/N=C(\C)c2ccco2)nc1. The molecule has 0 aliphatic carbocycles. The maximum absolute atomic E-state index is 12.4. The van der Waals surface area contributed by atoms with Crippen molar-refractivity contribution >= 4 is 21.6 Å². The molecule has 0 amide bonds. The Morgan fingerprint density at radius 1 is 1.30 bits per heavy atom. The third kappa shape index (κ3) is 3.96. The summed E-state index contributed by atoms with van der Waals surface area (Å²) < 4.78 is 31.3. The summed E-state index contributed by atoms with van der Waals surface area (Å²) in [5, 5.41) is 4.15. The minimum absolute atomic E-state index is 0.165. The van der Waals surface area contributed by atoms with Crippen LogP contribution in [0.5, 0.6) is 0 Å². The predicted octanol–water partition coefficient (Wildman–Crippen LogP) is 2.54. The van der Waals surface area contributed by atoms with Gasteiger partial charge in [-0.3, -0.25) is 5.43 Å². The Kier molecular flexibility index (Phi) is 5.51. The largest absolute Gasteiger partial charge is 0.463 e. The molecule has 8 heteroatoms. The van der Waals surface area contributed by atoms with Crippen molar-refractivity contribution < 1.29 is 12.8 Å². The third-order valence-electron chi connectivity index (χ3n) is 3.30. The third-order valence-corrected chi connectivity index (χ3v) is 5.33. The van der Waals surface area contributed by atoms with Crippen LogP contribution in [0.2, 0.25) is 0 Å². The molecular weight excluding hydrogens is 316 g/mol. The molecular formula is C15H20N4O3S. The molecule has 0 fully saturated rings. The number of anilines is 1. The van der Waals surface area contributed by atoms with Crippen LogP contribution in [0, 0.1) is 0 Å². The van der Waals surface area contributed by atoms with Crippen molar-refractivity contribution in [3.05, 3.63) is 42.5 Å². The van der Waals surface area contributed by atoms with Gasteiger partial charge in [-0.05, 0) is 31.2 Å². The number of sulfonamides is 1. The summed E-state index contributed by atoms with van der Waals surface area (Å²) in [5.74, 6) is 1.10. The van der Waals surface area contributed by atoms with Crippen LogP contribution in [0.1, 0.15) is 26.5 Å². The van der Waals surface area contributed by atoms with Gasteiger partial charge in [0.25, 0.3) is 0 Å². The van der Waals surface area contributed by atoms with Crippen molar-refractivity contribution in [1.82, 2.24) is 9.29 Å². The summed E-state index contributed by atoms with van der Waals surface area (Å²) in [6, 6.07) is 6.67. The monoisotopic (exact) mass is 336 g/mol. The Hall–Kier alpha value is -2.19. The van der Waals surface area contributed by atoms with E-state index in [0.717, 1.165) is 0 Å². The molecule has 0 radical (unpaired) electrons. The normalized spacial score (nSPS) is 12.6. The predicted molar refractivity (Wildman–Crippen MR) is 88.9 cm³/mol. The van der Waals surface area contributed by atoms with E-state index in [1.807, 2.05) is 0 Å². The zero-order chi connectivity index (χ0) is 16.9. The molecule has 2 heterocycles. The van der Waals surface area contributed by atoms with Crippen LogP contribution in [0.25, 0.3) is 0 Å². The smallest absolute Gasteiger partial charge is 0.244 e. The number of nitrogens with one attached hydrogen (secondary N) is 1. The number of hydrazone groups is 1. The van der Waals surface area contributed by atoms with E-state index in [1.165, 1.54) is 16.6 Å². The molecule has 0 aliphatic rings. The van der Waals surface area contributed by atoms with Crippen molar-refractivity contribution in [1.29, 1.82) is 0 Å². The van der Waals surface area contributed by atoms with Gasteiger partial charge in [0.15, 0.2) is 0 Å². The number of aromatic nitrogens is 1. The highest BCUT2D eigenvalue weighted by Gasteiger charge is 2.21. The lowest BCUT2D eigenvalue weighted by atomic mass is 10.3. The summed E-state index contributed by atoms with van der Waals surface area (Å²) in [6.07, 6.45) is 2.90. The van der Waals surface area contributed by atoms with Crippen LogP contribution in [0.4, 0.5) is 5.82 Å². The molecule has 0 unspecified atom stereocenters. The molecule has 0 aliphatic heterocycles. The molecule has 1 N–H and O–H groups in total. The van der Waals surface area contributed by atoms with E-state index in [1.54, 1.807) is 45.2 Å². The van der Waals surface area contributed by atoms with Gasteiger partial charge in [-0.2, -0.15) is 9.41 Å². The topological polar surface area (TPSA) is 87.8 Å². The Balaban J connectivity index is 2.12. The van der Waals surface area contributed by atoms with Gasteiger partial charge in [0.2, 0.25) is 10.0 Å². The van der Waals surface area contributed by atoms with Crippen molar-refractivity contribution in [2.45, 2.75) is 25.7 Å². The fourth-order valence-electron chi connectivity index (χ4n) is 1.99. The van der Waals surface area contributed by atoms with E-state index in [-0.39, 0.29) is 4.90 Å². The molecule has 124 valence electrons. The van der Waals surface area contributed by atoms with Gasteiger partial charge in [-0.15, -0.1) is 0 Å². The summed E-state index contributed by atoms with van der Waals surface area (Å²) in [6.45, 7) is 6.25. The maximum atomic E-state index is 12.4. The average molecular weight is 336 g/mol. The molecule has 7 nitrogen and oxygen atoms in total. The zero-order valence-corrected chi connectivity index (χ0v) is 14.2.